The molecule has 1 aliphatic rings. The van der Waals surface area contributed by atoms with Gasteiger partial charge in [0, 0.05) is 29.1 Å². The van der Waals surface area contributed by atoms with Gasteiger partial charge >= 0.3 is 0 Å². The molecule has 1 aromatic rings. The highest BCUT2D eigenvalue weighted by Crippen LogP contribution is 2.30. The number of nitrogens with one attached hydrogen (secondary N) is 1. The summed E-state index contributed by atoms with van der Waals surface area (Å²) in [7, 11) is 0. The van der Waals surface area contributed by atoms with Gasteiger partial charge in [-0.1, -0.05) is 23.7 Å². The van der Waals surface area contributed by atoms with E-state index >= 15 is 0 Å². The Balaban J connectivity index is 2.10. The molecule has 1 unspecified atom stereocenters. The molecule has 2 rings (SSSR count). The average Bonchev–Trinajstić information content (AvgIpc) is 2.20. The Hall–Kier alpha value is -0.180. The number of halogens is 1. The zero-order valence-corrected chi connectivity index (χ0v) is 8.87. The van der Waals surface area contributed by atoms with Crippen molar-refractivity contribution in [3.63, 3.8) is 0 Å². The Labute approximate surface area is 87.9 Å². The van der Waals surface area contributed by atoms with E-state index in [4.69, 9.17) is 11.6 Å². The van der Waals surface area contributed by atoms with Crippen LogP contribution >= 0.6 is 23.4 Å². The summed E-state index contributed by atoms with van der Waals surface area (Å²) in [4.78, 5) is 0. The predicted octanol–water partition coefficient (Wildman–Crippen LogP) is 2.72. The quantitative estimate of drug-likeness (QED) is 0.770. The van der Waals surface area contributed by atoms with Crippen molar-refractivity contribution in [1.29, 1.82) is 0 Å². The topological polar surface area (TPSA) is 12.0 Å². The molecule has 1 aromatic carbocycles. The molecule has 70 valence electrons. The van der Waals surface area contributed by atoms with Crippen LogP contribution in [0.5, 0.6) is 0 Å². The van der Waals surface area contributed by atoms with E-state index in [1.54, 1.807) is 0 Å². The first-order valence-electron chi connectivity index (χ1n) is 4.44. The smallest absolute Gasteiger partial charge is 0.0422 e. The lowest BCUT2D eigenvalue weighted by Crippen LogP contribution is -2.27. The number of thioether (sulfide) groups is 1. The molecule has 0 aliphatic carbocycles. The number of hydrogen-bond acceptors (Lipinski definition) is 2. The van der Waals surface area contributed by atoms with Crippen LogP contribution in [-0.2, 0) is 0 Å². The normalized spacial score (nSPS) is 23.0. The summed E-state index contributed by atoms with van der Waals surface area (Å²) in [5.41, 5.74) is 1.38. The van der Waals surface area contributed by atoms with Gasteiger partial charge in [-0.05, 0) is 17.7 Å². The Kier molecular flexibility index (Phi) is 3.14. The van der Waals surface area contributed by atoms with Crippen LogP contribution in [0.3, 0.4) is 0 Å². The second-order valence-corrected chi connectivity index (χ2v) is 4.86. The van der Waals surface area contributed by atoms with Gasteiger partial charge in [-0.15, -0.1) is 0 Å². The first-order chi connectivity index (χ1) is 6.36. The maximum absolute atomic E-state index is 5.83. The van der Waals surface area contributed by atoms with Gasteiger partial charge in [-0.3, -0.25) is 0 Å². The molecule has 0 radical (unpaired) electrons. The van der Waals surface area contributed by atoms with E-state index in [0.717, 1.165) is 18.1 Å². The summed E-state index contributed by atoms with van der Waals surface area (Å²) >= 11 is 7.84. The fourth-order valence-electron chi connectivity index (χ4n) is 1.46. The predicted molar refractivity (Wildman–Crippen MR) is 59.5 cm³/mol. The molecule has 1 nitrogen and oxygen atoms in total. The van der Waals surface area contributed by atoms with Gasteiger partial charge in [-0.2, -0.15) is 11.8 Å². The van der Waals surface area contributed by atoms with Crippen molar-refractivity contribution in [3.8, 4) is 0 Å². The number of rotatable bonds is 1. The lowest BCUT2D eigenvalue weighted by atomic mass is 10.1. The van der Waals surface area contributed by atoms with E-state index in [9.17, 15) is 0 Å². The average molecular weight is 214 g/mol. The van der Waals surface area contributed by atoms with Gasteiger partial charge in [0.2, 0.25) is 0 Å². The SMILES string of the molecule is Clc1ccc(C2CNCCS2)cc1. The first-order valence-corrected chi connectivity index (χ1v) is 5.87. The second-order valence-electron chi connectivity index (χ2n) is 3.12. The fourth-order valence-corrected chi connectivity index (χ4v) is 2.71. The molecule has 0 spiro atoms. The first kappa shape index (κ1) is 9.38. The Morgan fingerprint density at radius 1 is 1.31 bits per heavy atom. The number of benzene rings is 1. The van der Waals surface area contributed by atoms with E-state index in [1.807, 2.05) is 23.9 Å². The van der Waals surface area contributed by atoms with Gasteiger partial charge in [0.1, 0.15) is 0 Å². The van der Waals surface area contributed by atoms with Crippen LogP contribution in [0.1, 0.15) is 10.8 Å². The summed E-state index contributed by atoms with van der Waals surface area (Å²) < 4.78 is 0. The highest BCUT2D eigenvalue weighted by atomic mass is 35.5. The minimum atomic E-state index is 0.603. The summed E-state index contributed by atoms with van der Waals surface area (Å²) in [6, 6.07) is 8.16. The minimum absolute atomic E-state index is 0.603. The molecule has 1 heterocycles. The molecule has 0 amide bonds. The summed E-state index contributed by atoms with van der Waals surface area (Å²) in [6.45, 7) is 2.21. The summed E-state index contributed by atoms with van der Waals surface area (Å²) in [6.07, 6.45) is 0. The van der Waals surface area contributed by atoms with Gasteiger partial charge < -0.3 is 5.32 Å². The standard InChI is InChI=1S/C10H12ClNS/c11-9-3-1-8(2-4-9)10-7-12-5-6-13-10/h1-4,10,12H,5-7H2. The molecule has 3 heteroatoms. The van der Waals surface area contributed by atoms with Crippen molar-refractivity contribution in [3.05, 3.63) is 34.9 Å². The van der Waals surface area contributed by atoms with Crippen molar-refractivity contribution >= 4 is 23.4 Å². The molecule has 0 aromatic heterocycles. The van der Waals surface area contributed by atoms with E-state index in [2.05, 4.69) is 17.4 Å². The summed E-state index contributed by atoms with van der Waals surface area (Å²) in [5.74, 6) is 1.20. The van der Waals surface area contributed by atoms with Gasteiger partial charge in [0.05, 0.1) is 0 Å². The third-order valence-corrected chi connectivity index (χ3v) is 3.70. The highest BCUT2D eigenvalue weighted by molar-refractivity contribution is 7.99. The highest BCUT2D eigenvalue weighted by Gasteiger charge is 2.14. The third-order valence-electron chi connectivity index (χ3n) is 2.17. The molecule has 1 atom stereocenters. The Morgan fingerprint density at radius 2 is 2.08 bits per heavy atom. The lowest BCUT2D eigenvalue weighted by molar-refractivity contribution is 0.689. The Bertz CT molecular complexity index is 267. The maximum Gasteiger partial charge on any atom is 0.0422 e. The van der Waals surface area contributed by atoms with Crippen molar-refractivity contribution in [2.24, 2.45) is 0 Å². The second kappa shape index (κ2) is 4.36. The van der Waals surface area contributed by atoms with Crippen molar-refractivity contribution in [2.45, 2.75) is 5.25 Å². The number of hydrogen-bond donors (Lipinski definition) is 1. The minimum Gasteiger partial charge on any atom is -0.314 e. The molecule has 1 aliphatic heterocycles. The summed E-state index contributed by atoms with van der Waals surface area (Å²) in [5, 5.41) is 4.81. The van der Waals surface area contributed by atoms with Crippen LogP contribution in [0.25, 0.3) is 0 Å². The third kappa shape index (κ3) is 2.39. The largest absolute Gasteiger partial charge is 0.314 e. The van der Waals surface area contributed by atoms with Crippen LogP contribution in [0.4, 0.5) is 0 Å². The maximum atomic E-state index is 5.83. The van der Waals surface area contributed by atoms with Crippen LogP contribution < -0.4 is 5.32 Å². The van der Waals surface area contributed by atoms with Crippen LogP contribution in [0.2, 0.25) is 5.02 Å². The zero-order chi connectivity index (χ0) is 9.10. The molecule has 1 saturated heterocycles. The Morgan fingerprint density at radius 3 is 2.69 bits per heavy atom. The van der Waals surface area contributed by atoms with Crippen molar-refractivity contribution in [1.82, 2.24) is 5.32 Å². The molecular weight excluding hydrogens is 202 g/mol. The molecule has 1 fully saturated rings. The van der Waals surface area contributed by atoms with E-state index < -0.39 is 0 Å². The monoisotopic (exact) mass is 213 g/mol. The van der Waals surface area contributed by atoms with Crippen LogP contribution in [-0.4, -0.2) is 18.8 Å². The van der Waals surface area contributed by atoms with Gasteiger partial charge in [-0.25, -0.2) is 0 Å². The molecule has 0 saturated carbocycles. The van der Waals surface area contributed by atoms with E-state index in [-0.39, 0.29) is 0 Å². The van der Waals surface area contributed by atoms with Gasteiger partial charge in [0.25, 0.3) is 0 Å². The van der Waals surface area contributed by atoms with Crippen LogP contribution in [0.15, 0.2) is 24.3 Å². The van der Waals surface area contributed by atoms with Crippen molar-refractivity contribution in [2.75, 3.05) is 18.8 Å². The molecule has 0 bridgehead atoms. The van der Waals surface area contributed by atoms with Crippen molar-refractivity contribution < 1.29 is 0 Å². The fraction of sp³-hybridized carbons (Fsp3) is 0.400. The molecule has 1 N–H and O–H groups in total. The van der Waals surface area contributed by atoms with E-state index in [0.29, 0.717) is 5.25 Å². The van der Waals surface area contributed by atoms with Gasteiger partial charge in [0.15, 0.2) is 0 Å². The van der Waals surface area contributed by atoms with E-state index in [1.165, 1.54) is 11.3 Å². The molecule has 13 heavy (non-hydrogen) atoms. The lowest BCUT2D eigenvalue weighted by Gasteiger charge is -2.22. The molecular formula is C10H12ClNS. The zero-order valence-electron chi connectivity index (χ0n) is 7.29. The van der Waals surface area contributed by atoms with Crippen LogP contribution in [0, 0.1) is 0 Å².